The van der Waals surface area contributed by atoms with Crippen molar-refractivity contribution in [1.82, 2.24) is 9.47 Å². The van der Waals surface area contributed by atoms with Crippen LogP contribution in [-0.4, -0.2) is 40.7 Å². The average Bonchev–Trinajstić information content (AvgIpc) is 2.49. The molecule has 5 heteroatoms. The average molecular weight is 302 g/mol. The minimum atomic E-state index is -0.183. The molecule has 0 radical (unpaired) electrons. The number of piperidine rings is 2. The molecule has 4 heterocycles. The number of nitrogens with zero attached hydrogens (tertiary/aromatic N) is 2. The van der Waals surface area contributed by atoms with Crippen LogP contribution in [0.15, 0.2) is 23.0 Å². The van der Waals surface area contributed by atoms with E-state index in [4.69, 9.17) is 4.74 Å². The third-order valence-corrected chi connectivity index (χ3v) is 5.55. The minimum absolute atomic E-state index is 0.0455. The number of esters is 1. The predicted octanol–water partition coefficient (Wildman–Crippen LogP) is 1.36. The van der Waals surface area contributed by atoms with Crippen molar-refractivity contribution in [3.63, 3.8) is 0 Å². The van der Waals surface area contributed by atoms with Crippen molar-refractivity contribution in [2.75, 3.05) is 13.1 Å². The van der Waals surface area contributed by atoms with Crippen molar-refractivity contribution in [2.45, 2.75) is 50.8 Å². The standard InChI is InChI=1S/C17H22N2O3/c1-11(20)22-14-5-6-18-9-12-7-13(16(18)8-14)10-19-15(12)3-2-4-17(19)21/h2-4,12-14,16H,5-10H2,1H3/t12-,13-,14+,16+/m0/s1. The maximum absolute atomic E-state index is 12.1. The topological polar surface area (TPSA) is 51.5 Å². The van der Waals surface area contributed by atoms with Gasteiger partial charge < -0.3 is 9.30 Å². The molecule has 0 spiro atoms. The zero-order valence-electron chi connectivity index (χ0n) is 12.9. The van der Waals surface area contributed by atoms with Crippen LogP contribution in [0.3, 0.4) is 0 Å². The maximum atomic E-state index is 12.1. The van der Waals surface area contributed by atoms with Gasteiger partial charge in [-0.3, -0.25) is 14.5 Å². The summed E-state index contributed by atoms with van der Waals surface area (Å²) in [6.45, 7) is 4.31. The normalized spacial score (nSPS) is 33.7. The molecular formula is C17H22N2O3. The number of fused-ring (bicyclic) bond motifs is 6. The van der Waals surface area contributed by atoms with Crippen LogP contribution >= 0.6 is 0 Å². The third kappa shape index (κ3) is 2.28. The summed E-state index contributed by atoms with van der Waals surface area (Å²) in [6, 6.07) is 6.08. The molecule has 4 atom stereocenters. The van der Waals surface area contributed by atoms with Crippen LogP contribution < -0.4 is 5.56 Å². The van der Waals surface area contributed by atoms with Crippen molar-refractivity contribution in [1.29, 1.82) is 0 Å². The Morgan fingerprint density at radius 2 is 2.14 bits per heavy atom. The lowest BCUT2D eigenvalue weighted by molar-refractivity contribution is -0.151. The van der Waals surface area contributed by atoms with Crippen LogP contribution in [0, 0.1) is 5.92 Å². The van der Waals surface area contributed by atoms with E-state index in [1.165, 1.54) is 12.6 Å². The van der Waals surface area contributed by atoms with Crippen molar-refractivity contribution in [2.24, 2.45) is 5.92 Å². The summed E-state index contributed by atoms with van der Waals surface area (Å²) >= 11 is 0. The molecular weight excluding hydrogens is 280 g/mol. The first kappa shape index (κ1) is 14.0. The summed E-state index contributed by atoms with van der Waals surface area (Å²) < 4.78 is 7.40. The molecule has 0 aromatic carbocycles. The molecule has 2 bridgehead atoms. The van der Waals surface area contributed by atoms with Crippen LogP contribution in [0.4, 0.5) is 0 Å². The first-order valence-corrected chi connectivity index (χ1v) is 8.23. The number of carbonyl (C=O) groups excluding carboxylic acids is 1. The Balaban J connectivity index is 1.60. The molecule has 0 N–H and O–H groups in total. The fourth-order valence-electron chi connectivity index (χ4n) is 4.68. The first-order chi connectivity index (χ1) is 10.6. The molecule has 3 aliphatic heterocycles. The second-order valence-corrected chi connectivity index (χ2v) is 6.91. The molecule has 4 rings (SSSR count). The largest absolute Gasteiger partial charge is 0.462 e. The van der Waals surface area contributed by atoms with E-state index >= 15 is 0 Å². The molecule has 3 aliphatic rings. The number of rotatable bonds is 1. The van der Waals surface area contributed by atoms with E-state index in [0.717, 1.165) is 38.9 Å². The van der Waals surface area contributed by atoms with E-state index < -0.39 is 0 Å². The van der Waals surface area contributed by atoms with Gasteiger partial charge in [0.05, 0.1) is 0 Å². The third-order valence-electron chi connectivity index (χ3n) is 5.55. The molecule has 118 valence electrons. The number of aromatic nitrogens is 1. The van der Waals surface area contributed by atoms with Gasteiger partial charge in [0, 0.05) is 56.7 Å². The van der Waals surface area contributed by atoms with Crippen LogP contribution in [0.2, 0.25) is 0 Å². The quantitative estimate of drug-likeness (QED) is 0.735. The fraction of sp³-hybridized carbons (Fsp3) is 0.647. The summed E-state index contributed by atoms with van der Waals surface area (Å²) in [5.41, 5.74) is 1.32. The van der Waals surface area contributed by atoms with E-state index in [9.17, 15) is 9.59 Å². The highest BCUT2D eigenvalue weighted by Crippen LogP contribution is 2.41. The van der Waals surface area contributed by atoms with Gasteiger partial charge in [-0.25, -0.2) is 0 Å². The predicted molar refractivity (Wildman–Crippen MR) is 81.7 cm³/mol. The molecule has 0 aliphatic carbocycles. The summed E-state index contributed by atoms with van der Waals surface area (Å²) in [5.74, 6) is 0.774. The molecule has 0 saturated carbocycles. The summed E-state index contributed by atoms with van der Waals surface area (Å²) in [7, 11) is 0. The van der Waals surface area contributed by atoms with Gasteiger partial charge in [-0.15, -0.1) is 0 Å². The van der Waals surface area contributed by atoms with Gasteiger partial charge in [-0.1, -0.05) is 6.07 Å². The molecule has 1 aromatic heterocycles. The number of ether oxygens (including phenoxy) is 1. The monoisotopic (exact) mass is 302 g/mol. The summed E-state index contributed by atoms with van der Waals surface area (Å²) in [6.07, 6.45) is 3.03. The Bertz CT molecular complexity index is 654. The van der Waals surface area contributed by atoms with E-state index in [1.54, 1.807) is 6.07 Å². The zero-order chi connectivity index (χ0) is 15.3. The van der Waals surface area contributed by atoms with Gasteiger partial charge in [0.15, 0.2) is 0 Å². The van der Waals surface area contributed by atoms with Crippen molar-refractivity contribution in [3.8, 4) is 0 Å². The van der Waals surface area contributed by atoms with Crippen LogP contribution in [-0.2, 0) is 16.1 Å². The van der Waals surface area contributed by atoms with Crippen molar-refractivity contribution >= 4 is 5.97 Å². The Kier molecular flexibility index (Phi) is 3.33. The van der Waals surface area contributed by atoms with Crippen LogP contribution in [0.25, 0.3) is 0 Å². The van der Waals surface area contributed by atoms with Gasteiger partial charge in [-0.2, -0.15) is 0 Å². The lowest BCUT2D eigenvalue weighted by Gasteiger charge is -2.51. The highest BCUT2D eigenvalue weighted by molar-refractivity contribution is 5.66. The smallest absolute Gasteiger partial charge is 0.302 e. The Morgan fingerprint density at radius 3 is 2.95 bits per heavy atom. The highest BCUT2D eigenvalue weighted by Gasteiger charge is 2.44. The number of pyridine rings is 1. The number of hydrogen-bond donors (Lipinski definition) is 0. The van der Waals surface area contributed by atoms with E-state index in [2.05, 4.69) is 11.0 Å². The van der Waals surface area contributed by atoms with E-state index in [-0.39, 0.29) is 17.6 Å². The van der Waals surface area contributed by atoms with E-state index in [0.29, 0.717) is 17.9 Å². The lowest BCUT2D eigenvalue weighted by Crippen LogP contribution is -2.57. The Hall–Kier alpha value is -1.62. The van der Waals surface area contributed by atoms with Gasteiger partial charge in [-0.05, 0) is 24.8 Å². The van der Waals surface area contributed by atoms with Gasteiger partial charge in [0.25, 0.3) is 5.56 Å². The molecule has 1 aromatic rings. The van der Waals surface area contributed by atoms with Crippen molar-refractivity contribution in [3.05, 3.63) is 34.2 Å². The molecule has 2 saturated heterocycles. The SMILES string of the molecule is CC(=O)O[C@@H]1CCN2C[C@@H]3C[C@@H](Cn4c3cccc4=O)[C@H]2C1. The first-order valence-electron chi connectivity index (χ1n) is 8.23. The zero-order valence-corrected chi connectivity index (χ0v) is 12.9. The summed E-state index contributed by atoms with van der Waals surface area (Å²) in [5, 5.41) is 0. The van der Waals surface area contributed by atoms with E-state index in [1.807, 2.05) is 10.6 Å². The molecule has 2 fully saturated rings. The van der Waals surface area contributed by atoms with Crippen LogP contribution in [0.1, 0.15) is 37.8 Å². The van der Waals surface area contributed by atoms with Gasteiger partial charge in [0.1, 0.15) is 6.10 Å². The fourth-order valence-corrected chi connectivity index (χ4v) is 4.68. The lowest BCUT2D eigenvalue weighted by atomic mass is 9.75. The molecule has 0 amide bonds. The van der Waals surface area contributed by atoms with Crippen LogP contribution in [0.5, 0.6) is 0 Å². The number of hydrogen-bond acceptors (Lipinski definition) is 4. The second kappa shape index (κ2) is 5.23. The minimum Gasteiger partial charge on any atom is -0.462 e. The maximum Gasteiger partial charge on any atom is 0.302 e. The Labute approximate surface area is 129 Å². The Morgan fingerprint density at radius 1 is 1.27 bits per heavy atom. The molecule has 22 heavy (non-hydrogen) atoms. The number of carbonyl (C=O) groups is 1. The highest BCUT2D eigenvalue weighted by atomic mass is 16.5. The second-order valence-electron chi connectivity index (χ2n) is 6.91. The summed E-state index contributed by atoms with van der Waals surface area (Å²) in [4.78, 5) is 25.9. The van der Waals surface area contributed by atoms with Gasteiger partial charge in [0.2, 0.25) is 0 Å². The molecule has 0 unspecified atom stereocenters. The van der Waals surface area contributed by atoms with Gasteiger partial charge >= 0.3 is 5.97 Å². The van der Waals surface area contributed by atoms with Crippen molar-refractivity contribution < 1.29 is 9.53 Å². The molecule has 5 nitrogen and oxygen atoms in total.